The minimum atomic E-state index is -0.331. The van der Waals surface area contributed by atoms with Crippen LogP contribution in [0, 0.1) is 0 Å². The fourth-order valence-electron chi connectivity index (χ4n) is 1.94. The number of benzene rings is 1. The van der Waals surface area contributed by atoms with E-state index in [-0.39, 0.29) is 12.2 Å². The van der Waals surface area contributed by atoms with Crippen LogP contribution in [0.5, 0.6) is 0 Å². The van der Waals surface area contributed by atoms with Gasteiger partial charge < -0.3 is 14.8 Å². The van der Waals surface area contributed by atoms with Crippen molar-refractivity contribution in [2.75, 3.05) is 18.5 Å². The zero-order valence-electron chi connectivity index (χ0n) is 10.5. The number of thiophene rings is 1. The van der Waals surface area contributed by atoms with Crippen molar-refractivity contribution in [3.63, 3.8) is 0 Å². The molecule has 20 heavy (non-hydrogen) atoms. The van der Waals surface area contributed by atoms with E-state index in [0.29, 0.717) is 18.1 Å². The molecule has 1 aliphatic rings. The molecule has 1 N–H and O–H groups in total. The van der Waals surface area contributed by atoms with Gasteiger partial charge in [0, 0.05) is 11.3 Å². The second-order valence-electron chi connectivity index (χ2n) is 4.26. The van der Waals surface area contributed by atoms with Gasteiger partial charge in [0.15, 0.2) is 6.29 Å². The predicted molar refractivity (Wildman–Crippen MR) is 81.1 cm³/mol. The van der Waals surface area contributed by atoms with Crippen LogP contribution < -0.4 is 5.32 Å². The average Bonchev–Trinajstić information content (AvgIpc) is 3.10. The number of ether oxygens (including phenoxy) is 2. The van der Waals surface area contributed by atoms with Crippen LogP contribution in [0.25, 0.3) is 0 Å². The van der Waals surface area contributed by atoms with Crippen LogP contribution in [-0.4, -0.2) is 19.1 Å². The molecule has 1 amide bonds. The number of rotatable bonds is 3. The lowest BCUT2D eigenvalue weighted by Gasteiger charge is -2.11. The largest absolute Gasteiger partial charge is 0.346 e. The number of anilines is 1. The van der Waals surface area contributed by atoms with Crippen molar-refractivity contribution in [1.29, 1.82) is 0 Å². The van der Waals surface area contributed by atoms with Gasteiger partial charge >= 0.3 is 0 Å². The molecule has 0 unspecified atom stereocenters. The number of carbonyl (C=O) groups excluding carboxylic acids is 1. The first-order chi connectivity index (χ1) is 9.72. The number of carbonyl (C=O) groups is 1. The average molecular weight is 354 g/mol. The van der Waals surface area contributed by atoms with Crippen molar-refractivity contribution < 1.29 is 14.3 Å². The summed E-state index contributed by atoms with van der Waals surface area (Å²) < 4.78 is 11.8. The molecule has 1 aliphatic heterocycles. The molecule has 2 heterocycles. The van der Waals surface area contributed by atoms with Crippen LogP contribution in [0.3, 0.4) is 0 Å². The summed E-state index contributed by atoms with van der Waals surface area (Å²) in [5.74, 6) is -0.119. The molecule has 0 spiro atoms. The fourth-order valence-corrected chi connectivity index (χ4v) is 3.22. The van der Waals surface area contributed by atoms with Gasteiger partial charge in [-0.2, -0.15) is 0 Å². The molecule has 0 saturated carbocycles. The Morgan fingerprint density at radius 2 is 2.05 bits per heavy atom. The summed E-state index contributed by atoms with van der Waals surface area (Å²) >= 11 is 4.75. The molecule has 104 valence electrons. The van der Waals surface area contributed by atoms with E-state index in [2.05, 4.69) is 21.2 Å². The number of nitrogens with one attached hydrogen (secondary N) is 1. The number of halogens is 1. The number of hydrogen-bond donors (Lipinski definition) is 1. The zero-order valence-corrected chi connectivity index (χ0v) is 12.9. The van der Waals surface area contributed by atoms with Gasteiger partial charge in [-0.05, 0) is 40.2 Å². The molecule has 3 rings (SSSR count). The topological polar surface area (TPSA) is 47.6 Å². The van der Waals surface area contributed by atoms with Gasteiger partial charge in [0.25, 0.3) is 5.91 Å². The Morgan fingerprint density at radius 3 is 2.75 bits per heavy atom. The van der Waals surface area contributed by atoms with E-state index in [1.54, 1.807) is 6.07 Å². The predicted octanol–water partition coefficient (Wildman–Crippen LogP) is 3.81. The quantitative estimate of drug-likeness (QED) is 0.912. The molecule has 0 atom stereocenters. The third-order valence-electron chi connectivity index (χ3n) is 2.84. The smallest absolute Gasteiger partial charge is 0.265 e. The minimum absolute atomic E-state index is 0.119. The van der Waals surface area contributed by atoms with Gasteiger partial charge in [-0.1, -0.05) is 12.1 Å². The maximum Gasteiger partial charge on any atom is 0.265 e. The Balaban J connectivity index is 1.74. The highest BCUT2D eigenvalue weighted by Gasteiger charge is 2.18. The van der Waals surface area contributed by atoms with Gasteiger partial charge in [-0.25, -0.2) is 0 Å². The van der Waals surface area contributed by atoms with Crippen LogP contribution in [0.2, 0.25) is 0 Å². The molecular formula is C14H12BrNO3S. The monoisotopic (exact) mass is 353 g/mol. The van der Waals surface area contributed by atoms with E-state index in [0.717, 1.165) is 15.0 Å². The Morgan fingerprint density at radius 1 is 1.25 bits per heavy atom. The van der Waals surface area contributed by atoms with Crippen LogP contribution in [0.1, 0.15) is 21.5 Å². The Hall–Kier alpha value is -1.21. The van der Waals surface area contributed by atoms with E-state index in [9.17, 15) is 4.79 Å². The highest BCUT2D eigenvalue weighted by atomic mass is 79.9. The molecule has 0 aliphatic carbocycles. The Labute approximate surface area is 128 Å². The Kier molecular flexibility index (Phi) is 4.16. The third kappa shape index (κ3) is 3.09. The first-order valence-corrected chi connectivity index (χ1v) is 7.73. The molecule has 0 bridgehead atoms. The molecule has 4 nitrogen and oxygen atoms in total. The highest BCUT2D eigenvalue weighted by Crippen LogP contribution is 2.26. The van der Waals surface area contributed by atoms with Crippen molar-refractivity contribution in [3.05, 3.63) is 50.6 Å². The Bertz CT molecular complexity index is 622. The summed E-state index contributed by atoms with van der Waals surface area (Å²) in [6, 6.07) is 11.2. The van der Waals surface area contributed by atoms with Gasteiger partial charge in [0.05, 0.1) is 21.9 Å². The summed E-state index contributed by atoms with van der Waals surface area (Å²) in [6.07, 6.45) is -0.331. The summed E-state index contributed by atoms with van der Waals surface area (Å²) in [5, 5.41) is 2.87. The third-order valence-corrected chi connectivity index (χ3v) is 4.46. The standard InChI is InChI=1S/C14H12BrNO3S/c15-12-5-4-11(20-12)13(17)16-10-3-1-2-9(8-10)14-18-6-7-19-14/h1-5,8,14H,6-7H2,(H,16,17). The number of hydrogen-bond acceptors (Lipinski definition) is 4. The maximum absolute atomic E-state index is 12.1. The molecular weight excluding hydrogens is 342 g/mol. The summed E-state index contributed by atoms with van der Waals surface area (Å²) in [7, 11) is 0. The lowest BCUT2D eigenvalue weighted by Crippen LogP contribution is -2.10. The van der Waals surface area contributed by atoms with E-state index < -0.39 is 0 Å². The molecule has 1 saturated heterocycles. The normalized spacial score (nSPS) is 15.4. The van der Waals surface area contributed by atoms with E-state index in [4.69, 9.17) is 9.47 Å². The summed E-state index contributed by atoms with van der Waals surface area (Å²) in [5.41, 5.74) is 1.64. The van der Waals surface area contributed by atoms with Gasteiger partial charge in [0.1, 0.15) is 0 Å². The van der Waals surface area contributed by atoms with Crippen molar-refractivity contribution in [2.24, 2.45) is 0 Å². The molecule has 6 heteroatoms. The van der Waals surface area contributed by atoms with Crippen molar-refractivity contribution in [3.8, 4) is 0 Å². The van der Waals surface area contributed by atoms with Crippen LogP contribution in [-0.2, 0) is 9.47 Å². The highest BCUT2D eigenvalue weighted by molar-refractivity contribution is 9.11. The van der Waals surface area contributed by atoms with Gasteiger partial charge in [0.2, 0.25) is 0 Å². The van der Waals surface area contributed by atoms with Gasteiger partial charge in [-0.3, -0.25) is 4.79 Å². The molecule has 1 aromatic heterocycles. The molecule has 1 aromatic carbocycles. The summed E-state index contributed by atoms with van der Waals surface area (Å²) in [6.45, 7) is 1.20. The molecule has 1 fully saturated rings. The maximum atomic E-state index is 12.1. The first-order valence-electron chi connectivity index (χ1n) is 6.12. The van der Waals surface area contributed by atoms with E-state index in [1.807, 2.05) is 30.3 Å². The number of amides is 1. The zero-order chi connectivity index (χ0) is 13.9. The lowest BCUT2D eigenvalue weighted by atomic mass is 10.2. The second kappa shape index (κ2) is 6.05. The minimum Gasteiger partial charge on any atom is -0.346 e. The van der Waals surface area contributed by atoms with Crippen LogP contribution >= 0.6 is 27.3 Å². The fraction of sp³-hybridized carbons (Fsp3) is 0.214. The second-order valence-corrected chi connectivity index (χ2v) is 6.72. The van der Waals surface area contributed by atoms with E-state index in [1.165, 1.54) is 11.3 Å². The molecule has 2 aromatic rings. The van der Waals surface area contributed by atoms with Gasteiger partial charge in [-0.15, -0.1) is 11.3 Å². The summed E-state index contributed by atoms with van der Waals surface area (Å²) in [4.78, 5) is 12.7. The molecule has 0 radical (unpaired) electrons. The van der Waals surface area contributed by atoms with Crippen molar-refractivity contribution >= 4 is 38.9 Å². The SMILES string of the molecule is O=C(Nc1cccc(C2OCCO2)c1)c1ccc(Br)s1. The first kappa shape index (κ1) is 13.8. The van der Waals surface area contributed by atoms with Crippen LogP contribution in [0.15, 0.2) is 40.2 Å². The van der Waals surface area contributed by atoms with E-state index >= 15 is 0 Å². The van der Waals surface area contributed by atoms with Crippen LogP contribution in [0.4, 0.5) is 5.69 Å². The van der Waals surface area contributed by atoms with Crippen molar-refractivity contribution in [1.82, 2.24) is 0 Å². The lowest BCUT2D eigenvalue weighted by molar-refractivity contribution is -0.0440. The van der Waals surface area contributed by atoms with Crippen molar-refractivity contribution in [2.45, 2.75) is 6.29 Å².